The van der Waals surface area contributed by atoms with E-state index >= 15 is 0 Å². The van der Waals surface area contributed by atoms with E-state index in [4.69, 9.17) is 9.47 Å². The Hall–Kier alpha value is -3.27. The number of anilines is 1. The van der Waals surface area contributed by atoms with Crippen LogP contribution in [0, 0.1) is 0 Å². The third-order valence-corrected chi connectivity index (χ3v) is 7.45. The van der Waals surface area contributed by atoms with E-state index in [1.54, 1.807) is 13.0 Å². The molecule has 0 saturated carbocycles. The molecule has 1 atom stereocenters. The number of nitrogens with zero attached hydrogens (tertiary/aromatic N) is 2. The molecule has 186 valence electrons. The van der Waals surface area contributed by atoms with Gasteiger partial charge in [0.1, 0.15) is 22.7 Å². The summed E-state index contributed by atoms with van der Waals surface area (Å²) in [7, 11) is -6.89. The number of aromatic nitrogens is 2. The zero-order chi connectivity index (χ0) is 25.8. The third-order valence-electron chi connectivity index (χ3n) is 4.62. The number of hydrogen-bond acceptors (Lipinski definition) is 8. The van der Waals surface area contributed by atoms with Gasteiger partial charge in [0.2, 0.25) is 7.37 Å². The monoisotopic (exact) mass is 519 g/mol. The van der Waals surface area contributed by atoms with E-state index in [0.717, 1.165) is 12.9 Å². The van der Waals surface area contributed by atoms with Crippen LogP contribution in [0.15, 0.2) is 59.8 Å². The number of carbonyl (C=O) groups is 1. The topological polar surface area (TPSA) is 145 Å². The van der Waals surface area contributed by atoms with Crippen LogP contribution in [0.4, 0.5) is 5.82 Å². The van der Waals surface area contributed by atoms with Crippen LogP contribution in [0.5, 0.6) is 17.2 Å². The first kappa shape index (κ1) is 26.3. The first-order valence-electron chi connectivity index (χ1n) is 10.6. The van der Waals surface area contributed by atoms with Crippen LogP contribution < -0.4 is 20.2 Å². The number of carbonyl (C=O) groups excluding carboxylic acids is 1. The molecule has 0 aliphatic heterocycles. The first-order chi connectivity index (χ1) is 16.4. The van der Waals surface area contributed by atoms with Crippen LogP contribution in [0.3, 0.4) is 0 Å². The van der Waals surface area contributed by atoms with Gasteiger partial charge in [0.15, 0.2) is 15.7 Å². The summed E-state index contributed by atoms with van der Waals surface area (Å²) in [6.07, 6.45) is 2.16. The molecular formula is C23H26N3O7PS. The standard InChI is InChI=1S/C23H26N3O7PS/c1-5-35(30,31)20-8-6-17(7-9-20)33-19-11-16(10-18(12-19)32-15(2)3)23(27)26-21-13-25-22(14-24-21)34(4,28)29/h6-15H,5H2,1-4H3,(H,28,29)(H,24,26,27). The van der Waals surface area contributed by atoms with Crippen molar-refractivity contribution in [2.45, 2.75) is 31.8 Å². The Morgan fingerprint density at radius 2 is 1.71 bits per heavy atom. The largest absolute Gasteiger partial charge is 0.491 e. The lowest BCUT2D eigenvalue weighted by atomic mass is 10.2. The van der Waals surface area contributed by atoms with Crippen molar-refractivity contribution in [2.24, 2.45) is 0 Å². The van der Waals surface area contributed by atoms with Gasteiger partial charge in [0.25, 0.3) is 5.91 Å². The number of ether oxygens (including phenoxy) is 2. The molecule has 10 nitrogen and oxygen atoms in total. The summed E-state index contributed by atoms with van der Waals surface area (Å²) in [6, 6.07) is 10.6. The SMILES string of the molecule is CCS(=O)(=O)c1ccc(Oc2cc(OC(C)C)cc(C(=O)Nc3cnc(P(C)(=O)O)cn3)c2)cc1. The lowest BCUT2D eigenvalue weighted by Crippen LogP contribution is -2.16. The fraction of sp³-hybridized carbons (Fsp3) is 0.261. The number of hydrogen-bond donors (Lipinski definition) is 2. The molecule has 0 fully saturated rings. The average molecular weight is 520 g/mol. The molecule has 0 radical (unpaired) electrons. The second-order valence-electron chi connectivity index (χ2n) is 7.93. The van der Waals surface area contributed by atoms with E-state index in [0.29, 0.717) is 17.2 Å². The molecule has 2 N–H and O–H groups in total. The van der Waals surface area contributed by atoms with Gasteiger partial charge in [-0.2, -0.15) is 0 Å². The van der Waals surface area contributed by atoms with Crippen molar-refractivity contribution in [2.75, 3.05) is 17.7 Å². The minimum Gasteiger partial charge on any atom is -0.491 e. The molecule has 0 spiro atoms. The van der Waals surface area contributed by atoms with E-state index in [9.17, 15) is 22.7 Å². The number of nitrogens with one attached hydrogen (secondary N) is 1. The maximum absolute atomic E-state index is 12.9. The van der Waals surface area contributed by atoms with Gasteiger partial charge in [0.05, 0.1) is 29.1 Å². The number of benzene rings is 2. The number of rotatable bonds is 9. The second-order valence-corrected chi connectivity index (χ2v) is 12.4. The van der Waals surface area contributed by atoms with Crippen LogP contribution in [0.2, 0.25) is 0 Å². The van der Waals surface area contributed by atoms with Crippen molar-refractivity contribution >= 4 is 34.4 Å². The number of sulfone groups is 1. The van der Waals surface area contributed by atoms with Crippen molar-refractivity contribution in [3.63, 3.8) is 0 Å². The quantitative estimate of drug-likeness (QED) is 0.405. The van der Waals surface area contributed by atoms with Crippen LogP contribution in [-0.2, 0) is 14.4 Å². The van der Waals surface area contributed by atoms with E-state index in [1.807, 2.05) is 13.8 Å². The van der Waals surface area contributed by atoms with E-state index in [-0.39, 0.29) is 33.6 Å². The fourth-order valence-electron chi connectivity index (χ4n) is 2.91. The Bertz CT molecular complexity index is 1350. The molecule has 1 aromatic heterocycles. The average Bonchev–Trinajstić information content (AvgIpc) is 2.78. The predicted octanol–water partition coefficient (Wildman–Crippen LogP) is 3.63. The van der Waals surface area contributed by atoms with Gasteiger partial charge < -0.3 is 19.7 Å². The molecule has 0 aliphatic rings. The molecular weight excluding hydrogens is 493 g/mol. The summed E-state index contributed by atoms with van der Waals surface area (Å²) in [6.45, 7) is 6.39. The molecule has 1 unspecified atom stereocenters. The zero-order valence-corrected chi connectivity index (χ0v) is 21.3. The lowest BCUT2D eigenvalue weighted by molar-refractivity contribution is 0.102. The highest BCUT2D eigenvalue weighted by Gasteiger charge is 2.17. The van der Waals surface area contributed by atoms with Gasteiger partial charge in [-0.25, -0.2) is 18.4 Å². The van der Waals surface area contributed by atoms with E-state index in [1.165, 1.54) is 42.6 Å². The molecule has 2 aromatic carbocycles. The van der Waals surface area contributed by atoms with Crippen molar-refractivity contribution in [3.8, 4) is 17.2 Å². The lowest BCUT2D eigenvalue weighted by Gasteiger charge is -2.14. The summed E-state index contributed by atoms with van der Waals surface area (Å²) in [5.41, 5.74) is 0.133. The van der Waals surface area contributed by atoms with Crippen LogP contribution in [-0.4, -0.2) is 47.7 Å². The Morgan fingerprint density at radius 3 is 2.26 bits per heavy atom. The predicted molar refractivity (Wildman–Crippen MR) is 132 cm³/mol. The highest BCUT2D eigenvalue weighted by molar-refractivity contribution is 7.91. The first-order valence-corrected chi connectivity index (χ1v) is 14.4. The van der Waals surface area contributed by atoms with Crippen LogP contribution in [0.1, 0.15) is 31.1 Å². The van der Waals surface area contributed by atoms with Crippen molar-refractivity contribution in [3.05, 3.63) is 60.4 Å². The van der Waals surface area contributed by atoms with Crippen molar-refractivity contribution < 1.29 is 32.1 Å². The maximum atomic E-state index is 12.9. The summed E-state index contributed by atoms with van der Waals surface area (Å²) < 4.78 is 47.3. The molecule has 1 amide bonds. The van der Waals surface area contributed by atoms with Gasteiger partial charge in [0, 0.05) is 18.3 Å². The third kappa shape index (κ3) is 7.11. The molecule has 1 heterocycles. The van der Waals surface area contributed by atoms with E-state index < -0.39 is 23.1 Å². The molecule has 0 aliphatic carbocycles. The smallest absolute Gasteiger partial charge is 0.257 e. The van der Waals surface area contributed by atoms with Crippen LogP contribution >= 0.6 is 7.37 Å². The molecule has 3 aromatic rings. The maximum Gasteiger partial charge on any atom is 0.257 e. The second kappa shape index (κ2) is 10.6. The van der Waals surface area contributed by atoms with E-state index in [2.05, 4.69) is 15.3 Å². The van der Waals surface area contributed by atoms with Crippen molar-refractivity contribution in [1.82, 2.24) is 9.97 Å². The minimum absolute atomic E-state index is 0.00881. The van der Waals surface area contributed by atoms with Gasteiger partial charge in [-0.1, -0.05) is 6.92 Å². The molecule has 0 saturated heterocycles. The van der Waals surface area contributed by atoms with Gasteiger partial charge in [-0.15, -0.1) is 0 Å². The van der Waals surface area contributed by atoms with Crippen molar-refractivity contribution in [1.29, 1.82) is 0 Å². The Labute approximate surface area is 203 Å². The van der Waals surface area contributed by atoms with Crippen LogP contribution in [0.25, 0.3) is 0 Å². The Morgan fingerprint density at radius 1 is 1.06 bits per heavy atom. The van der Waals surface area contributed by atoms with Gasteiger partial charge >= 0.3 is 0 Å². The normalized spacial score (nSPS) is 13.2. The zero-order valence-electron chi connectivity index (χ0n) is 19.6. The van der Waals surface area contributed by atoms with Gasteiger partial charge in [-0.05, 0) is 50.2 Å². The summed E-state index contributed by atoms with van der Waals surface area (Å²) in [5.74, 6) is 0.624. The fourth-order valence-corrected chi connectivity index (χ4v) is 4.34. The number of amides is 1. The van der Waals surface area contributed by atoms with Gasteiger partial charge in [-0.3, -0.25) is 9.36 Å². The summed E-state index contributed by atoms with van der Waals surface area (Å²) in [4.78, 5) is 30.5. The summed E-state index contributed by atoms with van der Waals surface area (Å²) >= 11 is 0. The molecule has 3 rings (SSSR count). The minimum atomic E-state index is -3.56. The molecule has 12 heteroatoms. The molecule has 35 heavy (non-hydrogen) atoms. The Balaban J connectivity index is 1.85. The summed E-state index contributed by atoms with van der Waals surface area (Å²) in [5, 5.41) is 2.58. The Kier molecular flexibility index (Phi) is 7.94. The highest BCUT2D eigenvalue weighted by atomic mass is 32.2. The molecule has 0 bridgehead atoms. The highest BCUT2D eigenvalue weighted by Crippen LogP contribution is 2.32.